The Hall–Kier alpha value is -0.160. The number of hydrogen-bond donors (Lipinski definition) is 1. The molecule has 2 aliphatic rings. The summed E-state index contributed by atoms with van der Waals surface area (Å²) in [5.74, 6) is 0.682. The molecular formula is C14H27NO3. The third-order valence-corrected chi connectivity index (χ3v) is 4.02. The minimum absolute atomic E-state index is 0.327. The highest BCUT2D eigenvalue weighted by molar-refractivity contribution is 4.72. The second-order valence-corrected chi connectivity index (χ2v) is 5.53. The molecule has 2 rings (SSSR count). The number of hydrogen-bond acceptors (Lipinski definition) is 4. The second-order valence-electron chi connectivity index (χ2n) is 5.53. The Morgan fingerprint density at radius 1 is 1.28 bits per heavy atom. The zero-order chi connectivity index (χ0) is 12.6. The topological polar surface area (TPSA) is 41.9 Å². The molecule has 0 spiro atoms. The quantitative estimate of drug-likeness (QED) is 0.698. The molecule has 0 unspecified atom stereocenters. The van der Waals surface area contributed by atoms with Crippen molar-refractivity contribution < 1.29 is 14.6 Å². The van der Waals surface area contributed by atoms with Crippen molar-refractivity contribution in [3.63, 3.8) is 0 Å². The van der Waals surface area contributed by atoms with Gasteiger partial charge in [-0.25, -0.2) is 0 Å². The van der Waals surface area contributed by atoms with E-state index in [1.165, 1.54) is 25.8 Å². The maximum Gasteiger partial charge on any atom is 0.0809 e. The smallest absolute Gasteiger partial charge is 0.0809 e. The van der Waals surface area contributed by atoms with Gasteiger partial charge in [0.1, 0.15) is 0 Å². The Bertz CT molecular complexity index is 217. The van der Waals surface area contributed by atoms with E-state index in [0.717, 1.165) is 45.8 Å². The summed E-state index contributed by atoms with van der Waals surface area (Å²) in [6.07, 6.45) is 6.16. The van der Waals surface area contributed by atoms with Gasteiger partial charge in [0.05, 0.1) is 19.3 Å². The van der Waals surface area contributed by atoms with Crippen molar-refractivity contribution in [2.45, 2.75) is 38.2 Å². The average Bonchev–Trinajstić information content (AvgIpc) is 2.89. The molecule has 0 saturated carbocycles. The molecule has 2 heterocycles. The van der Waals surface area contributed by atoms with Gasteiger partial charge in [0.15, 0.2) is 0 Å². The molecule has 18 heavy (non-hydrogen) atoms. The van der Waals surface area contributed by atoms with Crippen molar-refractivity contribution in [1.29, 1.82) is 0 Å². The van der Waals surface area contributed by atoms with Crippen LogP contribution >= 0.6 is 0 Å². The lowest BCUT2D eigenvalue weighted by Gasteiger charge is -2.32. The highest BCUT2D eigenvalue weighted by Crippen LogP contribution is 2.19. The molecule has 4 heteroatoms. The second kappa shape index (κ2) is 8.10. The van der Waals surface area contributed by atoms with Gasteiger partial charge < -0.3 is 19.5 Å². The lowest BCUT2D eigenvalue weighted by Crippen LogP contribution is -2.38. The number of likely N-dealkylation sites (tertiary alicyclic amines) is 1. The number of aliphatic hydroxyl groups is 1. The van der Waals surface area contributed by atoms with E-state index in [0.29, 0.717) is 18.6 Å². The molecule has 0 radical (unpaired) electrons. The van der Waals surface area contributed by atoms with Crippen molar-refractivity contribution in [1.82, 2.24) is 4.90 Å². The first kappa shape index (κ1) is 14.3. The Kier molecular flexibility index (Phi) is 6.41. The molecule has 2 aliphatic heterocycles. The zero-order valence-corrected chi connectivity index (χ0v) is 11.4. The van der Waals surface area contributed by atoms with Crippen LogP contribution in [0.25, 0.3) is 0 Å². The van der Waals surface area contributed by atoms with Crippen molar-refractivity contribution in [3.05, 3.63) is 0 Å². The van der Waals surface area contributed by atoms with Crippen LogP contribution in [0, 0.1) is 5.92 Å². The normalized spacial score (nSPS) is 29.8. The number of piperidine rings is 1. The fourth-order valence-electron chi connectivity index (χ4n) is 2.96. The molecular weight excluding hydrogens is 230 g/mol. The number of rotatable bonds is 7. The average molecular weight is 257 g/mol. The van der Waals surface area contributed by atoms with Crippen LogP contribution in [0.1, 0.15) is 32.1 Å². The van der Waals surface area contributed by atoms with E-state index < -0.39 is 0 Å². The van der Waals surface area contributed by atoms with Gasteiger partial charge in [-0.3, -0.25) is 0 Å². The summed E-state index contributed by atoms with van der Waals surface area (Å²) in [4.78, 5) is 2.47. The van der Waals surface area contributed by atoms with Gasteiger partial charge in [0.2, 0.25) is 0 Å². The van der Waals surface area contributed by atoms with Crippen molar-refractivity contribution in [3.8, 4) is 0 Å². The van der Waals surface area contributed by atoms with Crippen molar-refractivity contribution in [2.24, 2.45) is 5.92 Å². The number of ether oxygens (including phenoxy) is 2. The van der Waals surface area contributed by atoms with Crippen LogP contribution in [0.4, 0.5) is 0 Å². The molecule has 106 valence electrons. The summed E-state index contributed by atoms with van der Waals surface area (Å²) in [6.45, 7) is 6.14. The van der Waals surface area contributed by atoms with Crippen molar-refractivity contribution >= 4 is 0 Å². The first-order chi connectivity index (χ1) is 8.88. The van der Waals surface area contributed by atoms with Crippen LogP contribution in [0.15, 0.2) is 0 Å². The molecule has 0 aliphatic carbocycles. The highest BCUT2D eigenvalue weighted by atomic mass is 16.5. The van der Waals surface area contributed by atoms with Gasteiger partial charge in [-0.05, 0) is 44.6 Å². The fourth-order valence-corrected chi connectivity index (χ4v) is 2.96. The van der Waals surface area contributed by atoms with Crippen LogP contribution in [0.2, 0.25) is 0 Å². The van der Waals surface area contributed by atoms with E-state index in [2.05, 4.69) is 4.90 Å². The molecule has 2 saturated heterocycles. The Morgan fingerprint density at radius 2 is 2.22 bits per heavy atom. The molecule has 0 bridgehead atoms. The molecule has 0 aromatic rings. The summed E-state index contributed by atoms with van der Waals surface area (Å²) in [5, 5.41) is 8.98. The minimum atomic E-state index is 0.327. The van der Waals surface area contributed by atoms with Crippen LogP contribution in [0.5, 0.6) is 0 Å². The predicted molar refractivity (Wildman–Crippen MR) is 70.7 cm³/mol. The summed E-state index contributed by atoms with van der Waals surface area (Å²) in [6, 6.07) is 0. The van der Waals surface area contributed by atoms with E-state index in [9.17, 15) is 0 Å². The van der Waals surface area contributed by atoms with Gasteiger partial charge in [-0.15, -0.1) is 0 Å². The van der Waals surface area contributed by atoms with Crippen LogP contribution < -0.4 is 0 Å². The monoisotopic (exact) mass is 257 g/mol. The Labute approximate surface area is 110 Å². The van der Waals surface area contributed by atoms with Gasteiger partial charge >= 0.3 is 0 Å². The third-order valence-electron chi connectivity index (χ3n) is 4.02. The standard InChI is InChI=1S/C14H27NO3/c16-8-5-13-3-1-6-15(11-13)7-10-17-12-14-4-2-9-18-14/h13-14,16H,1-12H2/t13-,14+/m1/s1. The summed E-state index contributed by atoms with van der Waals surface area (Å²) < 4.78 is 11.2. The van der Waals surface area contributed by atoms with E-state index in [1.807, 2.05) is 0 Å². The Balaban J connectivity index is 1.52. The first-order valence-corrected chi connectivity index (χ1v) is 7.41. The third kappa shape index (κ3) is 4.84. The van der Waals surface area contributed by atoms with Crippen LogP contribution in [0.3, 0.4) is 0 Å². The van der Waals surface area contributed by atoms with E-state index in [-0.39, 0.29) is 0 Å². The first-order valence-electron chi connectivity index (χ1n) is 7.41. The molecule has 1 N–H and O–H groups in total. The molecule has 4 nitrogen and oxygen atoms in total. The van der Waals surface area contributed by atoms with Crippen molar-refractivity contribution in [2.75, 3.05) is 46.1 Å². The SMILES string of the molecule is OCC[C@H]1CCCN(CCOC[C@@H]2CCCO2)C1. The van der Waals surface area contributed by atoms with E-state index in [4.69, 9.17) is 14.6 Å². The summed E-state index contributed by atoms with van der Waals surface area (Å²) in [5.41, 5.74) is 0. The molecule has 0 amide bonds. The van der Waals surface area contributed by atoms with Crippen LogP contribution in [-0.4, -0.2) is 62.2 Å². The maximum atomic E-state index is 8.98. The number of aliphatic hydroxyl groups excluding tert-OH is 1. The van der Waals surface area contributed by atoms with E-state index in [1.54, 1.807) is 0 Å². The highest BCUT2D eigenvalue weighted by Gasteiger charge is 2.19. The number of nitrogens with zero attached hydrogens (tertiary/aromatic N) is 1. The lowest BCUT2D eigenvalue weighted by molar-refractivity contribution is 0.00671. The molecule has 2 atom stereocenters. The largest absolute Gasteiger partial charge is 0.396 e. The van der Waals surface area contributed by atoms with Gasteiger partial charge in [0.25, 0.3) is 0 Å². The maximum absolute atomic E-state index is 8.98. The van der Waals surface area contributed by atoms with Crippen LogP contribution in [-0.2, 0) is 9.47 Å². The van der Waals surface area contributed by atoms with E-state index >= 15 is 0 Å². The molecule has 2 fully saturated rings. The Morgan fingerprint density at radius 3 is 3.00 bits per heavy atom. The van der Waals surface area contributed by atoms with Gasteiger partial charge in [0, 0.05) is 26.3 Å². The summed E-state index contributed by atoms with van der Waals surface area (Å²) >= 11 is 0. The zero-order valence-electron chi connectivity index (χ0n) is 11.4. The fraction of sp³-hybridized carbons (Fsp3) is 1.00. The summed E-state index contributed by atoms with van der Waals surface area (Å²) in [7, 11) is 0. The van der Waals surface area contributed by atoms with Gasteiger partial charge in [-0.1, -0.05) is 0 Å². The lowest BCUT2D eigenvalue weighted by atomic mass is 9.95. The minimum Gasteiger partial charge on any atom is -0.396 e. The molecule has 0 aromatic carbocycles. The predicted octanol–water partition coefficient (Wildman–Crippen LogP) is 1.28. The van der Waals surface area contributed by atoms with Gasteiger partial charge in [-0.2, -0.15) is 0 Å². The molecule has 0 aromatic heterocycles.